The molecule has 8 heteroatoms. The molecule has 3 aromatic rings. The molecule has 0 saturated carbocycles. The third kappa shape index (κ3) is 9.27. The van der Waals surface area contributed by atoms with E-state index in [2.05, 4.69) is 5.32 Å². The van der Waals surface area contributed by atoms with Gasteiger partial charge >= 0.3 is 11.9 Å². The van der Waals surface area contributed by atoms with Gasteiger partial charge in [-0.15, -0.1) is 0 Å². The van der Waals surface area contributed by atoms with Gasteiger partial charge in [-0.25, -0.2) is 8.78 Å². The van der Waals surface area contributed by atoms with Crippen LogP contribution < -0.4 is 10.1 Å². The van der Waals surface area contributed by atoms with Crippen LogP contribution in [0, 0.1) is 17.6 Å². The number of carbonyl (C=O) groups is 2. The molecule has 1 N–H and O–H groups in total. The smallest absolute Gasteiger partial charge is 0.323 e. The van der Waals surface area contributed by atoms with Crippen LogP contribution >= 0.6 is 0 Å². The Morgan fingerprint density at radius 2 is 1.42 bits per heavy atom. The molecule has 0 bridgehead atoms. The minimum absolute atomic E-state index is 0.0341. The van der Waals surface area contributed by atoms with E-state index in [1.165, 1.54) is 0 Å². The second kappa shape index (κ2) is 14.2. The van der Waals surface area contributed by atoms with Gasteiger partial charge in [0.1, 0.15) is 41.8 Å². The van der Waals surface area contributed by atoms with E-state index < -0.39 is 35.7 Å². The molecule has 0 spiro atoms. The second-order valence-corrected chi connectivity index (χ2v) is 9.30. The van der Waals surface area contributed by atoms with E-state index in [-0.39, 0.29) is 31.3 Å². The van der Waals surface area contributed by atoms with E-state index in [0.29, 0.717) is 12.2 Å². The SMILES string of the molecule is CCOC(=O)[C@H](Cc1ccc(Oc2cc(F)cc(F)c2)cc1)NC(CC(C)C)C(=O)OCc1ccccc1. The Morgan fingerprint density at radius 1 is 0.789 bits per heavy atom. The maximum Gasteiger partial charge on any atom is 0.323 e. The summed E-state index contributed by atoms with van der Waals surface area (Å²) in [6.45, 7) is 6.03. The van der Waals surface area contributed by atoms with Crippen LogP contribution in [0.15, 0.2) is 72.8 Å². The van der Waals surface area contributed by atoms with Crippen molar-refractivity contribution in [1.29, 1.82) is 0 Å². The van der Waals surface area contributed by atoms with Crippen molar-refractivity contribution < 1.29 is 32.6 Å². The Balaban J connectivity index is 1.70. The fraction of sp³-hybridized carbons (Fsp3) is 0.333. The maximum absolute atomic E-state index is 13.4. The van der Waals surface area contributed by atoms with Gasteiger partial charge in [0.05, 0.1) is 6.61 Å². The number of rotatable bonds is 13. The molecule has 1 unspecified atom stereocenters. The molecule has 0 heterocycles. The quantitative estimate of drug-likeness (QED) is 0.277. The van der Waals surface area contributed by atoms with E-state index in [1.807, 2.05) is 44.2 Å². The summed E-state index contributed by atoms with van der Waals surface area (Å²) in [4.78, 5) is 25.8. The molecule has 0 amide bonds. The van der Waals surface area contributed by atoms with Gasteiger partial charge in [-0.2, -0.15) is 0 Å². The lowest BCUT2D eigenvalue weighted by molar-refractivity contribution is -0.150. The van der Waals surface area contributed by atoms with Crippen molar-refractivity contribution in [3.63, 3.8) is 0 Å². The van der Waals surface area contributed by atoms with Crippen molar-refractivity contribution in [2.75, 3.05) is 6.61 Å². The lowest BCUT2D eigenvalue weighted by atomic mass is 10.0. The first-order valence-corrected chi connectivity index (χ1v) is 12.6. The molecule has 3 aromatic carbocycles. The molecule has 0 radical (unpaired) electrons. The van der Waals surface area contributed by atoms with Crippen LogP contribution in [0.3, 0.4) is 0 Å². The first-order valence-electron chi connectivity index (χ1n) is 12.6. The largest absolute Gasteiger partial charge is 0.465 e. The summed E-state index contributed by atoms with van der Waals surface area (Å²) in [6, 6.07) is 17.6. The highest BCUT2D eigenvalue weighted by Crippen LogP contribution is 2.24. The zero-order valence-corrected chi connectivity index (χ0v) is 21.8. The van der Waals surface area contributed by atoms with Crippen LogP contribution in [0.2, 0.25) is 0 Å². The Hall–Kier alpha value is -3.78. The topological polar surface area (TPSA) is 73.9 Å². The first-order chi connectivity index (χ1) is 18.2. The Bertz CT molecular complexity index is 1160. The van der Waals surface area contributed by atoms with E-state index >= 15 is 0 Å². The molecule has 202 valence electrons. The number of esters is 2. The molecule has 38 heavy (non-hydrogen) atoms. The molecule has 0 aliphatic rings. The number of hydrogen-bond donors (Lipinski definition) is 1. The lowest BCUT2D eigenvalue weighted by Crippen LogP contribution is -2.50. The summed E-state index contributed by atoms with van der Waals surface area (Å²) < 4.78 is 43.3. The van der Waals surface area contributed by atoms with Gasteiger partial charge < -0.3 is 14.2 Å². The van der Waals surface area contributed by atoms with Crippen LogP contribution in [0.4, 0.5) is 8.78 Å². The summed E-state index contributed by atoms with van der Waals surface area (Å²) in [5, 5.41) is 3.16. The van der Waals surface area contributed by atoms with Crippen molar-refractivity contribution in [3.05, 3.63) is 95.6 Å². The van der Waals surface area contributed by atoms with Crippen molar-refractivity contribution in [2.45, 2.75) is 52.3 Å². The number of nitrogens with one attached hydrogen (secondary N) is 1. The summed E-state index contributed by atoms with van der Waals surface area (Å²) in [5.41, 5.74) is 1.64. The summed E-state index contributed by atoms with van der Waals surface area (Å²) in [5.74, 6) is -1.82. The van der Waals surface area contributed by atoms with Gasteiger partial charge in [-0.1, -0.05) is 56.3 Å². The molecule has 6 nitrogen and oxygen atoms in total. The Morgan fingerprint density at radius 3 is 2.03 bits per heavy atom. The van der Waals surface area contributed by atoms with Gasteiger partial charge in [0.15, 0.2) is 0 Å². The molecule has 0 aromatic heterocycles. The van der Waals surface area contributed by atoms with E-state index in [4.69, 9.17) is 14.2 Å². The number of halogens is 2. The highest BCUT2D eigenvalue weighted by Gasteiger charge is 2.29. The van der Waals surface area contributed by atoms with Gasteiger partial charge in [0.25, 0.3) is 0 Å². The van der Waals surface area contributed by atoms with Crippen LogP contribution in [0.1, 0.15) is 38.3 Å². The fourth-order valence-corrected chi connectivity index (χ4v) is 3.88. The molecular formula is C30H33F2NO5. The second-order valence-electron chi connectivity index (χ2n) is 9.30. The summed E-state index contributed by atoms with van der Waals surface area (Å²) >= 11 is 0. The summed E-state index contributed by atoms with van der Waals surface area (Å²) in [6.07, 6.45) is 0.717. The predicted octanol–water partition coefficient (Wildman–Crippen LogP) is 5.98. The monoisotopic (exact) mass is 525 g/mol. The minimum atomic E-state index is -0.799. The van der Waals surface area contributed by atoms with Crippen LogP contribution in [0.5, 0.6) is 11.5 Å². The van der Waals surface area contributed by atoms with Gasteiger partial charge in [-0.3, -0.25) is 14.9 Å². The van der Waals surface area contributed by atoms with Crippen molar-refractivity contribution >= 4 is 11.9 Å². The highest BCUT2D eigenvalue weighted by atomic mass is 19.1. The third-order valence-corrected chi connectivity index (χ3v) is 5.62. The lowest BCUT2D eigenvalue weighted by Gasteiger charge is -2.25. The van der Waals surface area contributed by atoms with Crippen LogP contribution in [0.25, 0.3) is 0 Å². The molecular weight excluding hydrogens is 492 g/mol. The average Bonchev–Trinajstić information content (AvgIpc) is 2.87. The van der Waals surface area contributed by atoms with Crippen molar-refractivity contribution in [3.8, 4) is 11.5 Å². The zero-order valence-electron chi connectivity index (χ0n) is 21.8. The van der Waals surface area contributed by atoms with E-state index in [0.717, 1.165) is 29.3 Å². The number of hydrogen-bond acceptors (Lipinski definition) is 6. The number of ether oxygens (including phenoxy) is 3. The summed E-state index contributed by atoms with van der Waals surface area (Å²) in [7, 11) is 0. The van der Waals surface area contributed by atoms with Gasteiger partial charge in [-0.05, 0) is 48.9 Å². The number of carbonyl (C=O) groups excluding carboxylic acids is 2. The maximum atomic E-state index is 13.4. The molecule has 0 aliphatic heterocycles. The normalized spacial score (nSPS) is 12.6. The molecule has 0 aliphatic carbocycles. The third-order valence-electron chi connectivity index (χ3n) is 5.62. The molecule has 0 saturated heterocycles. The Labute approximate surface area is 221 Å². The van der Waals surface area contributed by atoms with Crippen molar-refractivity contribution in [1.82, 2.24) is 5.32 Å². The van der Waals surface area contributed by atoms with Gasteiger partial charge in [0.2, 0.25) is 0 Å². The van der Waals surface area contributed by atoms with Crippen molar-refractivity contribution in [2.24, 2.45) is 5.92 Å². The van der Waals surface area contributed by atoms with Gasteiger partial charge in [0, 0.05) is 18.2 Å². The fourth-order valence-electron chi connectivity index (χ4n) is 3.88. The average molecular weight is 526 g/mol. The Kier molecular flexibility index (Phi) is 10.8. The molecule has 3 rings (SSSR count). The highest BCUT2D eigenvalue weighted by molar-refractivity contribution is 5.80. The zero-order chi connectivity index (χ0) is 27.5. The molecule has 0 fully saturated rings. The van der Waals surface area contributed by atoms with Crippen LogP contribution in [-0.2, 0) is 32.1 Å². The predicted molar refractivity (Wildman–Crippen MR) is 140 cm³/mol. The van der Waals surface area contributed by atoms with E-state index in [9.17, 15) is 18.4 Å². The van der Waals surface area contributed by atoms with Crippen LogP contribution in [-0.4, -0.2) is 30.6 Å². The standard InChI is InChI=1S/C30H33F2NO5/c1-4-36-29(34)28(33-27(14-20(2)3)30(35)37-19-22-8-6-5-7-9-22)15-21-10-12-25(13-11-21)38-26-17-23(31)16-24(32)18-26/h5-13,16-18,20,27-28,33H,4,14-15,19H2,1-3H3/t27?,28-/m0/s1. The number of benzene rings is 3. The molecule has 2 atom stereocenters. The first kappa shape index (κ1) is 28.8. The minimum Gasteiger partial charge on any atom is -0.465 e. The van der Waals surface area contributed by atoms with E-state index in [1.54, 1.807) is 31.2 Å².